The molecule has 0 aromatic carbocycles. The molecule has 2 heterocycles. The van der Waals surface area contributed by atoms with Crippen LogP contribution in [0.4, 0.5) is 0 Å². The Bertz CT molecular complexity index is 357. The summed E-state index contributed by atoms with van der Waals surface area (Å²) >= 11 is 0. The van der Waals surface area contributed by atoms with Gasteiger partial charge in [-0.15, -0.1) is 0 Å². The lowest BCUT2D eigenvalue weighted by Gasteiger charge is -2.41. The smallest absolute Gasteiger partial charge is 0.0620 e. The molecule has 0 bridgehead atoms. The van der Waals surface area contributed by atoms with Crippen LogP contribution in [0.1, 0.15) is 31.9 Å². The van der Waals surface area contributed by atoms with Crippen LogP contribution in [0.2, 0.25) is 0 Å². The molecule has 0 spiro atoms. The highest BCUT2D eigenvalue weighted by molar-refractivity contribution is 5.17. The van der Waals surface area contributed by atoms with Crippen molar-refractivity contribution in [2.75, 3.05) is 19.8 Å². The molecule has 18 heavy (non-hydrogen) atoms. The third-order valence-corrected chi connectivity index (χ3v) is 3.68. The largest absolute Gasteiger partial charge is 0.379 e. The first-order valence-corrected chi connectivity index (χ1v) is 6.73. The molecular formula is C14H23N3O. The van der Waals surface area contributed by atoms with Crippen molar-refractivity contribution in [3.63, 3.8) is 0 Å². The van der Waals surface area contributed by atoms with Gasteiger partial charge in [0.25, 0.3) is 0 Å². The predicted octanol–water partition coefficient (Wildman–Crippen LogP) is 1.58. The van der Waals surface area contributed by atoms with Crippen molar-refractivity contribution in [3.8, 4) is 0 Å². The summed E-state index contributed by atoms with van der Waals surface area (Å²) in [7, 11) is 0. The minimum atomic E-state index is 0.134. The van der Waals surface area contributed by atoms with Gasteiger partial charge in [-0.25, -0.2) is 0 Å². The van der Waals surface area contributed by atoms with Gasteiger partial charge >= 0.3 is 0 Å². The van der Waals surface area contributed by atoms with E-state index in [4.69, 9.17) is 10.5 Å². The predicted molar refractivity (Wildman–Crippen MR) is 72.2 cm³/mol. The van der Waals surface area contributed by atoms with Crippen LogP contribution in [0, 0.1) is 0 Å². The molecule has 0 saturated carbocycles. The first kappa shape index (κ1) is 13.5. The van der Waals surface area contributed by atoms with Crippen molar-refractivity contribution in [2.24, 2.45) is 5.73 Å². The Hall–Kier alpha value is -0.970. The Balaban J connectivity index is 2.24. The molecule has 1 aliphatic heterocycles. The minimum Gasteiger partial charge on any atom is -0.379 e. The summed E-state index contributed by atoms with van der Waals surface area (Å²) in [6, 6.07) is 4.88. The zero-order valence-electron chi connectivity index (χ0n) is 11.2. The fraction of sp³-hybridized carbons (Fsp3) is 0.643. The van der Waals surface area contributed by atoms with E-state index >= 15 is 0 Å². The van der Waals surface area contributed by atoms with Gasteiger partial charge in [-0.1, -0.05) is 13.0 Å². The van der Waals surface area contributed by atoms with E-state index in [1.807, 2.05) is 12.3 Å². The van der Waals surface area contributed by atoms with E-state index in [1.54, 1.807) is 6.20 Å². The van der Waals surface area contributed by atoms with Gasteiger partial charge in [-0.2, -0.15) is 0 Å². The molecule has 1 saturated heterocycles. The second kappa shape index (κ2) is 6.27. The monoisotopic (exact) mass is 249 g/mol. The average Bonchev–Trinajstić information content (AvgIpc) is 2.42. The van der Waals surface area contributed by atoms with Gasteiger partial charge in [0.15, 0.2) is 0 Å². The SMILES string of the molecule is CCC(N)C(c1cccnc1)N1CCOCC1C. The molecule has 100 valence electrons. The lowest BCUT2D eigenvalue weighted by Crippen LogP contribution is -2.50. The van der Waals surface area contributed by atoms with E-state index in [9.17, 15) is 0 Å². The van der Waals surface area contributed by atoms with Crippen molar-refractivity contribution in [1.82, 2.24) is 9.88 Å². The number of rotatable bonds is 4. The van der Waals surface area contributed by atoms with Crippen LogP contribution in [0.25, 0.3) is 0 Å². The number of aromatic nitrogens is 1. The van der Waals surface area contributed by atoms with E-state index in [1.165, 1.54) is 5.56 Å². The molecule has 1 aromatic rings. The van der Waals surface area contributed by atoms with Crippen LogP contribution in [-0.4, -0.2) is 41.7 Å². The van der Waals surface area contributed by atoms with E-state index < -0.39 is 0 Å². The number of hydrogen-bond acceptors (Lipinski definition) is 4. The van der Waals surface area contributed by atoms with Crippen LogP contribution in [-0.2, 0) is 4.74 Å². The molecule has 2 N–H and O–H groups in total. The number of nitrogens with zero attached hydrogens (tertiary/aromatic N) is 2. The maximum Gasteiger partial charge on any atom is 0.0620 e. The summed E-state index contributed by atoms with van der Waals surface area (Å²) in [5.41, 5.74) is 7.54. The summed E-state index contributed by atoms with van der Waals surface area (Å²) in [6.45, 7) is 6.85. The third-order valence-electron chi connectivity index (χ3n) is 3.68. The fourth-order valence-corrected chi connectivity index (χ4v) is 2.61. The highest BCUT2D eigenvalue weighted by atomic mass is 16.5. The van der Waals surface area contributed by atoms with Crippen LogP contribution in [0.15, 0.2) is 24.5 Å². The normalized spacial score (nSPS) is 24.7. The Labute approximate surface area is 109 Å². The summed E-state index contributed by atoms with van der Waals surface area (Å²) in [6.07, 6.45) is 4.70. The van der Waals surface area contributed by atoms with Crippen molar-refractivity contribution in [3.05, 3.63) is 30.1 Å². The molecule has 3 atom stereocenters. The Morgan fingerprint density at radius 3 is 3.06 bits per heavy atom. The number of hydrogen-bond donors (Lipinski definition) is 1. The fourth-order valence-electron chi connectivity index (χ4n) is 2.61. The zero-order valence-corrected chi connectivity index (χ0v) is 11.2. The van der Waals surface area contributed by atoms with E-state index in [0.29, 0.717) is 6.04 Å². The Morgan fingerprint density at radius 1 is 1.61 bits per heavy atom. The number of nitrogens with two attached hydrogens (primary N) is 1. The summed E-state index contributed by atoms with van der Waals surface area (Å²) < 4.78 is 5.51. The molecule has 4 heteroatoms. The maximum atomic E-state index is 6.33. The molecule has 0 amide bonds. The van der Waals surface area contributed by atoms with Crippen molar-refractivity contribution < 1.29 is 4.74 Å². The lowest BCUT2D eigenvalue weighted by atomic mass is 9.96. The first-order chi connectivity index (χ1) is 8.74. The molecule has 1 aromatic heterocycles. The quantitative estimate of drug-likeness (QED) is 0.880. The minimum absolute atomic E-state index is 0.134. The van der Waals surface area contributed by atoms with Gasteiger partial charge in [0, 0.05) is 31.0 Å². The van der Waals surface area contributed by atoms with Gasteiger partial charge in [0.2, 0.25) is 0 Å². The zero-order chi connectivity index (χ0) is 13.0. The Kier molecular flexibility index (Phi) is 4.69. The van der Waals surface area contributed by atoms with E-state index in [0.717, 1.165) is 26.2 Å². The van der Waals surface area contributed by atoms with Gasteiger partial charge < -0.3 is 10.5 Å². The molecule has 2 rings (SSSR count). The number of pyridine rings is 1. The summed E-state index contributed by atoms with van der Waals surface area (Å²) in [5.74, 6) is 0. The molecular weight excluding hydrogens is 226 g/mol. The van der Waals surface area contributed by atoms with E-state index in [2.05, 4.69) is 29.8 Å². The van der Waals surface area contributed by atoms with Crippen LogP contribution >= 0.6 is 0 Å². The van der Waals surface area contributed by atoms with Crippen LogP contribution < -0.4 is 5.73 Å². The highest BCUT2D eigenvalue weighted by Crippen LogP contribution is 2.27. The maximum absolute atomic E-state index is 6.33. The standard InChI is InChI=1S/C14H23N3O/c1-3-13(15)14(12-5-4-6-16-9-12)17-7-8-18-10-11(17)2/h4-6,9,11,13-14H,3,7-8,10,15H2,1-2H3. The summed E-state index contributed by atoms with van der Waals surface area (Å²) in [5, 5.41) is 0. The molecule has 3 unspecified atom stereocenters. The van der Waals surface area contributed by atoms with Crippen LogP contribution in [0.5, 0.6) is 0 Å². The molecule has 1 fully saturated rings. The average molecular weight is 249 g/mol. The molecule has 1 aliphatic rings. The second-order valence-electron chi connectivity index (χ2n) is 4.97. The molecule has 0 radical (unpaired) electrons. The van der Waals surface area contributed by atoms with E-state index in [-0.39, 0.29) is 12.1 Å². The van der Waals surface area contributed by atoms with Gasteiger partial charge in [0.1, 0.15) is 0 Å². The van der Waals surface area contributed by atoms with Gasteiger partial charge in [-0.3, -0.25) is 9.88 Å². The van der Waals surface area contributed by atoms with Crippen molar-refractivity contribution in [1.29, 1.82) is 0 Å². The third kappa shape index (κ3) is 2.88. The van der Waals surface area contributed by atoms with Gasteiger partial charge in [-0.05, 0) is 25.0 Å². The number of morpholine rings is 1. The van der Waals surface area contributed by atoms with Crippen molar-refractivity contribution >= 4 is 0 Å². The van der Waals surface area contributed by atoms with Gasteiger partial charge in [0.05, 0.1) is 19.3 Å². The lowest BCUT2D eigenvalue weighted by molar-refractivity contribution is -0.0283. The summed E-state index contributed by atoms with van der Waals surface area (Å²) in [4.78, 5) is 6.68. The Morgan fingerprint density at radius 2 is 2.44 bits per heavy atom. The van der Waals surface area contributed by atoms with Crippen LogP contribution in [0.3, 0.4) is 0 Å². The topological polar surface area (TPSA) is 51.4 Å². The number of ether oxygens (including phenoxy) is 1. The first-order valence-electron chi connectivity index (χ1n) is 6.73. The molecule has 0 aliphatic carbocycles. The molecule has 4 nitrogen and oxygen atoms in total. The highest BCUT2D eigenvalue weighted by Gasteiger charge is 2.31. The second-order valence-corrected chi connectivity index (χ2v) is 4.97. The van der Waals surface area contributed by atoms with Crippen molar-refractivity contribution in [2.45, 2.75) is 38.4 Å².